The molecule has 0 heterocycles. The molecule has 0 aromatic carbocycles. The number of carbonyl (C=O) groups excluding carboxylic acids is 1. The summed E-state index contributed by atoms with van der Waals surface area (Å²) in [7, 11) is -4.69. The molecule has 6 nitrogen and oxygen atoms in total. The molecule has 0 aliphatic rings. The Bertz CT molecular complexity index is 249. The minimum absolute atomic E-state index is 0.0216. The molecule has 0 aromatic rings. The van der Waals surface area contributed by atoms with Crippen LogP contribution in [-0.4, -0.2) is 27.9 Å². The number of esters is 1. The van der Waals surface area contributed by atoms with Crippen LogP contribution in [0.1, 0.15) is 6.42 Å². The van der Waals surface area contributed by atoms with Gasteiger partial charge in [0.15, 0.2) is 0 Å². The van der Waals surface area contributed by atoms with Crippen LogP contribution < -0.4 is 0 Å². The van der Waals surface area contributed by atoms with Crippen LogP contribution in [0.3, 0.4) is 0 Å². The lowest BCUT2D eigenvalue weighted by molar-refractivity contribution is -0.159. The summed E-state index contributed by atoms with van der Waals surface area (Å²) in [6.45, 7) is 3.11. The third-order valence-electron chi connectivity index (χ3n) is 1.01. The third-order valence-corrected chi connectivity index (χ3v) is 1.74. The highest BCUT2D eigenvalue weighted by molar-refractivity contribution is 7.46. The van der Waals surface area contributed by atoms with Crippen LogP contribution in [0.25, 0.3) is 0 Å². The van der Waals surface area contributed by atoms with Gasteiger partial charge in [0, 0.05) is 18.4 Å². The highest BCUT2D eigenvalue weighted by atomic mass is 35.5. The van der Waals surface area contributed by atoms with E-state index in [9.17, 15) is 9.36 Å². The molecule has 0 saturated carbocycles. The van der Waals surface area contributed by atoms with Crippen molar-refractivity contribution >= 4 is 25.4 Å². The summed E-state index contributed by atoms with van der Waals surface area (Å²) in [5, 5.41) is 0. The van der Waals surface area contributed by atoms with Crippen molar-refractivity contribution in [3.63, 3.8) is 0 Å². The zero-order valence-corrected chi connectivity index (χ0v) is 8.78. The summed E-state index contributed by atoms with van der Waals surface area (Å²) in [4.78, 5) is 27.5. The first-order chi connectivity index (χ1) is 6.39. The lowest BCUT2D eigenvalue weighted by Gasteiger charge is -2.16. The lowest BCUT2D eigenvalue weighted by atomic mass is 10.5. The SMILES string of the molecule is C=CC(=O)OC(CCCl)OP(=O)(O)O. The van der Waals surface area contributed by atoms with E-state index in [1.165, 1.54) is 0 Å². The van der Waals surface area contributed by atoms with Crippen LogP contribution in [-0.2, 0) is 18.6 Å². The largest absolute Gasteiger partial charge is 0.472 e. The van der Waals surface area contributed by atoms with Gasteiger partial charge in [-0.25, -0.2) is 13.9 Å². The summed E-state index contributed by atoms with van der Waals surface area (Å²) >= 11 is 5.30. The highest BCUT2D eigenvalue weighted by Crippen LogP contribution is 2.38. The van der Waals surface area contributed by atoms with Crippen molar-refractivity contribution in [3.8, 4) is 0 Å². The Balaban J connectivity index is 4.22. The maximum atomic E-state index is 10.7. The molecule has 0 fully saturated rings. The molecule has 0 amide bonds. The fraction of sp³-hybridized carbons (Fsp3) is 0.500. The second kappa shape index (κ2) is 6.16. The minimum Gasteiger partial charge on any atom is -0.432 e. The van der Waals surface area contributed by atoms with Crippen molar-refractivity contribution in [2.45, 2.75) is 12.7 Å². The van der Waals surface area contributed by atoms with Gasteiger partial charge >= 0.3 is 13.8 Å². The molecule has 14 heavy (non-hydrogen) atoms. The van der Waals surface area contributed by atoms with Crippen molar-refractivity contribution < 1.29 is 28.4 Å². The number of halogens is 1. The molecule has 1 unspecified atom stereocenters. The molecule has 82 valence electrons. The summed E-state index contributed by atoms with van der Waals surface area (Å²) in [5.74, 6) is -0.802. The zero-order chi connectivity index (χ0) is 11.2. The van der Waals surface area contributed by atoms with E-state index >= 15 is 0 Å². The van der Waals surface area contributed by atoms with Gasteiger partial charge in [-0.05, 0) is 0 Å². The molecule has 0 radical (unpaired) electrons. The molecular formula is C6H10ClO6P. The molecule has 2 N–H and O–H groups in total. The standard InChI is InChI=1S/C6H10ClO6P/c1-2-5(8)12-6(3-4-7)13-14(9,10)11/h2,6H,1,3-4H2,(H2,9,10,11). The monoisotopic (exact) mass is 244 g/mol. The van der Waals surface area contributed by atoms with Gasteiger partial charge in [0.2, 0.25) is 6.29 Å². The van der Waals surface area contributed by atoms with Crippen molar-refractivity contribution in [2.75, 3.05) is 5.88 Å². The predicted molar refractivity (Wildman–Crippen MR) is 48.5 cm³/mol. The Morgan fingerprint density at radius 1 is 1.64 bits per heavy atom. The smallest absolute Gasteiger partial charge is 0.432 e. The molecule has 0 spiro atoms. The van der Waals surface area contributed by atoms with E-state index in [1.807, 2.05) is 0 Å². The van der Waals surface area contributed by atoms with Crippen molar-refractivity contribution in [1.29, 1.82) is 0 Å². The van der Waals surface area contributed by atoms with E-state index in [-0.39, 0.29) is 12.3 Å². The van der Waals surface area contributed by atoms with Crippen LogP contribution in [0.15, 0.2) is 12.7 Å². The number of phosphoric ester groups is 1. The number of hydrogen-bond acceptors (Lipinski definition) is 4. The fourth-order valence-electron chi connectivity index (χ4n) is 0.553. The number of ether oxygens (including phenoxy) is 1. The molecular weight excluding hydrogens is 234 g/mol. The topological polar surface area (TPSA) is 93.1 Å². The molecule has 0 aliphatic heterocycles. The molecule has 0 aromatic heterocycles. The predicted octanol–water partition coefficient (Wildman–Crippen LogP) is 0.780. The van der Waals surface area contributed by atoms with E-state index in [0.29, 0.717) is 0 Å². The Morgan fingerprint density at radius 3 is 2.57 bits per heavy atom. The molecule has 0 rings (SSSR count). The van der Waals surface area contributed by atoms with Gasteiger partial charge in [0.25, 0.3) is 0 Å². The van der Waals surface area contributed by atoms with Gasteiger partial charge in [0.1, 0.15) is 0 Å². The van der Waals surface area contributed by atoms with Crippen LogP contribution in [0.5, 0.6) is 0 Å². The van der Waals surface area contributed by atoms with Crippen LogP contribution >= 0.6 is 19.4 Å². The number of carbonyl (C=O) groups is 1. The van der Waals surface area contributed by atoms with Crippen LogP contribution in [0.4, 0.5) is 0 Å². The molecule has 0 bridgehead atoms. The van der Waals surface area contributed by atoms with Gasteiger partial charge in [-0.15, -0.1) is 11.6 Å². The Kier molecular flexibility index (Phi) is 5.99. The number of hydrogen-bond donors (Lipinski definition) is 2. The van der Waals surface area contributed by atoms with Gasteiger partial charge in [0.05, 0.1) is 0 Å². The normalized spacial score (nSPS) is 13.4. The quantitative estimate of drug-likeness (QED) is 0.236. The summed E-state index contributed by atoms with van der Waals surface area (Å²) < 4.78 is 19.0. The van der Waals surface area contributed by atoms with Crippen LogP contribution in [0, 0.1) is 0 Å². The van der Waals surface area contributed by atoms with Crippen molar-refractivity contribution in [1.82, 2.24) is 0 Å². The maximum Gasteiger partial charge on any atom is 0.472 e. The van der Waals surface area contributed by atoms with Crippen molar-refractivity contribution in [3.05, 3.63) is 12.7 Å². The number of phosphoric acid groups is 1. The molecule has 1 atom stereocenters. The summed E-state index contributed by atoms with van der Waals surface area (Å²) in [5.41, 5.74) is 0. The van der Waals surface area contributed by atoms with E-state index < -0.39 is 20.1 Å². The second-order valence-corrected chi connectivity index (χ2v) is 3.71. The molecule has 0 aliphatic carbocycles. The Hall–Kier alpha value is -0.390. The first kappa shape index (κ1) is 13.6. The van der Waals surface area contributed by atoms with Crippen molar-refractivity contribution in [2.24, 2.45) is 0 Å². The van der Waals surface area contributed by atoms with E-state index in [0.717, 1.165) is 6.08 Å². The highest BCUT2D eigenvalue weighted by Gasteiger charge is 2.24. The molecule has 8 heteroatoms. The number of alkyl halides is 1. The molecule has 0 saturated heterocycles. The Labute approximate surface area is 85.7 Å². The third kappa shape index (κ3) is 7.06. The lowest BCUT2D eigenvalue weighted by Crippen LogP contribution is -2.19. The number of rotatable bonds is 6. The second-order valence-electron chi connectivity index (χ2n) is 2.14. The first-order valence-corrected chi connectivity index (χ1v) is 5.58. The summed E-state index contributed by atoms with van der Waals surface area (Å²) in [6, 6.07) is 0. The average Bonchev–Trinajstić information content (AvgIpc) is 2.01. The average molecular weight is 245 g/mol. The van der Waals surface area contributed by atoms with Gasteiger partial charge < -0.3 is 14.5 Å². The van der Waals surface area contributed by atoms with E-state index in [2.05, 4.69) is 15.8 Å². The van der Waals surface area contributed by atoms with Gasteiger partial charge in [-0.1, -0.05) is 6.58 Å². The fourth-order valence-corrected chi connectivity index (χ4v) is 1.19. The van der Waals surface area contributed by atoms with Crippen LogP contribution in [0.2, 0.25) is 0 Å². The Morgan fingerprint density at radius 2 is 2.21 bits per heavy atom. The van der Waals surface area contributed by atoms with E-state index in [4.69, 9.17) is 21.4 Å². The first-order valence-electron chi connectivity index (χ1n) is 3.52. The zero-order valence-electron chi connectivity index (χ0n) is 7.13. The maximum absolute atomic E-state index is 10.7. The van der Waals surface area contributed by atoms with Gasteiger partial charge in [-0.3, -0.25) is 0 Å². The van der Waals surface area contributed by atoms with E-state index in [1.54, 1.807) is 0 Å². The van der Waals surface area contributed by atoms with Gasteiger partial charge in [-0.2, -0.15) is 0 Å². The minimum atomic E-state index is -4.69. The summed E-state index contributed by atoms with van der Waals surface area (Å²) in [6.07, 6.45) is -0.532.